The first-order valence-corrected chi connectivity index (χ1v) is 10.2. The van der Waals surface area contributed by atoms with E-state index in [1.165, 1.54) is 0 Å². The van der Waals surface area contributed by atoms with Crippen LogP contribution in [0.3, 0.4) is 0 Å². The molecule has 0 spiro atoms. The average molecular weight is 412 g/mol. The first-order valence-electron chi connectivity index (χ1n) is 10.2. The number of ether oxygens (including phenoxy) is 1. The smallest absolute Gasteiger partial charge is 0.248 e. The lowest BCUT2D eigenvalue weighted by Crippen LogP contribution is -2.09. The highest BCUT2D eigenvalue weighted by molar-refractivity contribution is 6.05. The summed E-state index contributed by atoms with van der Waals surface area (Å²) in [6.45, 7) is 6.35. The first kappa shape index (κ1) is 20.4. The number of anilines is 1. The third-order valence-electron chi connectivity index (χ3n) is 5.12. The minimum atomic E-state index is -0.221. The summed E-state index contributed by atoms with van der Waals surface area (Å²) in [7, 11) is 0. The molecule has 0 radical (unpaired) electrons. The van der Waals surface area contributed by atoms with Gasteiger partial charge in [-0.2, -0.15) is 0 Å². The molecule has 0 saturated heterocycles. The van der Waals surface area contributed by atoms with Crippen molar-refractivity contribution in [1.82, 2.24) is 4.98 Å². The third kappa shape index (κ3) is 4.21. The number of amides is 1. The highest BCUT2D eigenvalue weighted by Gasteiger charge is 2.19. The van der Waals surface area contributed by atoms with Gasteiger partial charge in [0, 0.05) is 34.3 Å². The number of allylic oxidation sites excluding steroid dienone is 1. The Morgan fingerprint density at radius 1 is 1.19 bits per heavy atom. The fourth-order valence-electron chi connectivity index (χ4n) is 3.67. The Hall–Kier alpha value is -3.86. The molecule has 0 atom stereocenters. The Balaban J connectivity index is 1.79. The second-order valence-electron chi connectivity index (χ2n) is 7.26. The highest BCUT2D eigenvalue weighted by atomic mass is 16.5. The molecule has 0 bridgehead atoms. The standard InChI is InChI=1S/C26H24N2O3/c1-4-30-25-18(3)26-22(23(16-31-26)19-9-6-5-7-10-19)14-21(25)17(2)13-24(29)28-20-11-8-12-27-15-20/h5-16H,4H2,1-3H3,(H,28,29)/b17-13+. The number of fused-ring (bicyclic) bond motifs is 1. The number of carbonyl (C=O) groups is 1. The van der Waals surface area contributed by atoms with Crippen LogP contribution in [0.15, 0.2) is 77.7 Å². The predicted octanol–water partition coefficient (Wildman–Crippen LogP) is 6.24. The van der Waals surface area contributed by atoms with E-state index in [4.69, 9.17) is 9.15 Å². The summed E-state index contributed by atoms with van der Waals surface area (Å²) in [6.07, 6.45) is 6.64. The number of hydrogen-bond donors (Lipinski definition) is 1. The quantitative estimate of drug-likeness (QED) is 0.381. The molecule has 4 aromatic rings. The summed E-state index contributed by atoms with van der Waals surface area (Å²) in [5.41, 5.74) is 6.11. The normalized spacial score (nSPS) is 11.5. The number of aryl methyl sites for hydroxylation is 1. The molecule has 0 saturated carbocycles. The molecule has 31 heavy (non-hydrogen) atoms. The van der Waals surface area contributed by atoms with Gasteiger partial charge >= 0.3 is 0 Å². The predicted molar refractivity (Wildman–Crippen MR) is 124 cm³/mol. The molecule has 0 aliphatic rings. The zero-order chi connectivity index (χ0) is 21.8. The molecular weight excluding hydrogens is 388 g/mol. The number of furan rings is 1. The van der Waals surface area contributed by atoms with Crippen LogP contribution >= 0.6 is 0 Å². The monoisotopic (exact) mass is 412 g/mol. The molecule has 0 aliphatic carbocycles. The van der Waals surface area contributed by atoms with Gasteiger partial charge < -0.3 is 14.5 Å². The lowest BCUT2D eigenvalue weighted by Gasteiger charge is -2.15. The van der Waals surface area contributed by atoms with Gasteiger partial charge in [-0.25, -0.2) is 0 Å². The first-order chi connectivity index (χ1) is 15.1. The maximum atomic E-state index is 12.6. The van der Waals surface area contributed by atoms with E-state index in [9.17, 15) is 4.79 Å². The summed E-state index contributed by atoms with van der Waals surface area (Å²) in [5.74, 6) is 0.507. The van der Waals surface area contributed by atoms with Gasteiger partial charge in [0.2, 0.25) is 5.91 Å². The minimum Gasteiger partial charge on any atom is -0.493 e. The molecule has 156 valence electrons. The fraction of sp³-hybridized carbons (Fsp3) is 0.154. The summed E-state index contributed by atoms with van der Waals surface area (Å²) < 4.78 is 11.9. The van der Waals surface area contributed by atoms with E-state index in [-0.39, 0.29) is 5.91 Å². The molecule has 2 heterocycles. The molecule has 2 aromatic heterocycles. The van der Waals surface area contributed by atoms with Gasteiger partial charge in [-0.05, 0) is 50.1 Å². The van der Waals surface area contributed by atoms with E-state index in [0.717, 1.165) is 44.5 Å². The molecule has 5 nitrogen and oxygen atoms in total. The van der Waals surface area contributed by atoms with Crippen LogP contribution in [-0.2, 0) is 4.79 Å². The Kier molecular flexibility index (Phi) is 5.85. The fourth-order valence-corrected chi connectivity index (χ4v) is 3.67. The van der Waals surface area contributed by atoms with Crippen molar-refractivity contribution in [3.63, 3.8) is 0 Å². The van der Waals surface area contributed by atoms with Gasteiger partial charge in [-0.15, -0.1) is 0 Å². The molecule has 0 unspecified atom stereocenters. The van der Waals surface area contributed by atoms with Crippen molar-refractivity contribution >= 4 is 28.1 Å². The van der Waals surface area contributed by atoms with Crippen LogP contribution in [0.5, 0.6) is 5.75 Å². The summed E-state index contributed by atoms with van der Waals surface area (Å²) in [5, 5.41) is 3.83. The van der Waals surface area contributed by atoms with Crippen LogP contribution in [0.1, 0.15) is 25.0 Å². The van der Waals surface area contributed by atoms with Crippen molar-refractivity contribution in [2.45, 2.75) is 20.8 Å². The van der Waals surface area contributed by atoms with Crippen molar-refractivity contribution in [2.75, 3.05) is 11.9 Å². The Morgan fingerprint density at radius 3 is 2.71 bits per heavy atom. The molecule has 0 aliphatic heterocycles. The molecule has 4 rings (SSSR count). The average Bonchev–Trinajstić information content (AvgIpc) is 3.21. The zero-order valence-corrected chi connectivity index (χ0v) is 17.8. The largest absolute Gasteiger partial charge is 0.493 e. The van der Waals surface area contributed by atoms with Crippen LogP contribution in [0, 0.1) is 6.92 Å². The molecule has 5 heteroatoms. The molecule has 1 amide bonds. The van der Waals surface area contributed by atoms with Crippen LogP contribution in [0.2, 0.25) is 0 Å². The number of nitrogens with zero attached hydrogens (tertiary/aromatic N) is 1. The van der Waals surface area contributed by atoms with E-state index in [0.29, 0.717) is 12.3 Å². The van der Waals surface area contributed by atoms with E-state index < -0.39 is 0 Å². The van der Waals surface area contributed by atoms with Gasteiger partial charge in [-0.1, -0.05) is 30.3 Å². The Bertz CT molecular complexity index is 1240. The van der Waals surface area contributed by atoms with Crippen LogP contribution in [0.25, 0.3) is 27.7 Å². The zero-order valence-electron chi connectivity index (χ0n) is 17.8. The van der Waals surface area contributed by atoms with Gasteiger partial charge in [0.25, 0.3) is 0 Å². The third-order valence-corrected chi connectivity index (χ3v) is 5.12. The lowest BCUT2D eigenvalue weighted by molar-refractivity contribution is -0.111. The van der Waals surface area contributed by atoms with Crippen molar-refractivity contribution in [3.8, 4) is 16.9 Å². The maximum absolute atomic E-state index is 12.6. The van der Waals surface area contributed by atoms with Crippen molar-refractivity contribution in [2.24, 2.45) is 0 Å². The van der Waals surface area contributed by atoms with E-state index >= 15 is 0 Å². The topological polar surface area (TPSA) is 64.4 Å². The summed E-state index contributed by atoms with van der Waals surface area (Å²) in [4.78, 5) is 16.6. The van der Waals surface area contributed by atoms with Gasteiger partial charge in [-0.3, -0.25) is 9.78 Å². The highest BCUT2D eigenvalue weighted by Crippen LogP contribution is 2.40. The van der Waals surface area contributed by atoms with Gasteiger partial charge in [0.05, 0.1) is 24.8 Å². The SMILES string of the molecule is CCOc1c(/C(C)=C/C(=O)Nc2cccnc2)cc2c(-c3ccccc3)coc2c1C. The number of benzene rings is 2. The summed E-state index contributed by atoms with van der Waals surface area (Å²) >= 11 is 0. The molecule has 0 fully saturated rings. The van der Waals surface area contributed by atoms with Crippen LogP contribution in [-0.4, -0.2) is 17.5 Å². The maximum Gasteiger partial charge on any atom is 0.248 e. The van der Waals surface area contributed by atoms with E-state index in [2.05, 4.69) is 22.4 Å². The number of hydrogen-bond acceptors (Lipinski definition) is 4. The van der Waals surface area contributed by atoms with E-state index in [1.54, 1.807) is 36.9 Å². The lowest BCUT2D eigenvalue weighted by atomic mass is 9.96. The second kappa shape index (κ2) is 8.88. The number of nitrogens with one attached hydrogen (secondary N) is 1. The van der Waals surface area contributed by atoms with Gasteiger partial charge in [0.1, 0.15) is 11.3 Å². The minimum absolute atomic E-state index is 0.221. The van der Waals surface area contributed by atoms with Crippen LogP contribution < -0.4 is 10.1 Å². The Labute approximate surface area is 181 Å². The Morgan fingerprint density at radius 2 is 2.00 bits per heavy atom. The van der Waals surface area contributed by atoms with Crippen molar-refractivity contribution in [3.05, 3.63) is 84.4 Å². The van der Waals surface area contributed by atoms with Gasteiger partial charge in [0.15, 0.2) is 0 Å². The van der Waals surface area contributed by atoms with Crippen LogP contribution in [0.4, 0.5) is 5.69 Å². The second-order valence-corrected chi connectivity index (χ2v) is 7.26. The number of carbonyl (C=O) groups excluding carboxylic acids is 1. The summed E-state index contributed by atoms with van der Waals surface area (Å²) in [6, 6.07) is 15.7. The van der Waals surface area contributed by atoms with Crippen molar-refractivity contribution < 1.29 is 13.9 Å². The van der Waals surface area contributed by atoms with Crippen molar-refractivity contribution in [1.29, 1.82) is 0 Å². The molecular formula is C26H24N2O3. The number of rotatable bonds is 6. The molecule has 2 aromatic carbocycles. The number of aromatic nitrogens is 1. The molecule has 1 N–H and O–H groups in total. The number of pyridine rings is 1. The van der Waals surface area contributed by atoms with E-state index in [1.807, 2.05) is 45.0 Å².